The number of carbonyl (C=O) groups is 2. The molecule has 0 heterocycles. The first kappa shape index (κ1) is 29.5. The Morgan fingerprint density at radius 2 is 1.45 bits per heavy atom. The fourth-order valence-electron chi connectivity index (χ4n) is 3.97. The Hall–Kier alpha value is -3.07. The minimum atomic E-state index is -3.89. The van der Waals surface area contributed by atoms with Gasteiger partial charge in [-0.15, -0.1) is 0 Å². The lowest BCUT2D eigenvalue weighted by Crippen LogP contribution is -2.54. The summed E-state index contributed by atoms with van der Waals surface area (Å²) in [5.74, 6) is -0.862. The third kappa shape index (κ3) is 8.21. The van der Waals surface area contributed by atoms with E-state index in [9.17, 15) is 18.0 Å². The average Bonchev–Trinajstić information content (AvgIpc) is 2.86. The molecular weight excluding hydrogens is 545 g/mol. The van der Waals surface area contributed by atoms with E-state index >= 15 is 0 Å². The van der Waals surface area contributed by atoms with Gasteiger partial charge in [0.1, 0.15) is 12.6 Å². The molecular formula is C28H31Cl2N3O4S. The molecule has 0 unspecified atom stereocenters. The van der Waals surface area contributed by atoms with Gasteiger partial charge in [0.15, 0.2) is 0 Å². The van der Waals surface area contributed by atoms with Crippen molar-refractivity contribution in [3.05, 3.63) is 100 Å². The smallest absolute Gasteiger partial charge is 0.244 e. The van der Waals surface area contributed by atoms with Gasteiger partial charge in [-0.2, -0.15) is 0 Å². The van der Waals surface area contributed by atoms with Crippen LogP contribution in [0.3, 0.4) is 0 Å². The van der Waals surface area contributed by atoms with Gasteiger partial charge in [0, 0.05) is 19.0 Å². The van der Waals surface area contributed by atoms with Crippen LogP contribution in [0.5, 0.6) is 0 Å². The van der Waals surface area contributed by atoms with Crippen molar-refractivity contribution in [3.63, 3.8) is 0 Å². The summed E-state index contributed by atoms with van der Waals surface area (Å²) in [5.41, 5.74) is 1.87. The summed E-state index contributed by atoms with van der Waals surface area (Å²) in [6.07, 6.45) is 1.26. The lowest BCUT2D eigenvalue weighted by molar-refractivity contribution is -0.140. The fourth-order valence-corrected chi connectivity index (χ4v) is 5.10. The van der Waals surface area contributed by atoms with E-state index in [0.717, 1.165) is 21.7 Å². The van der Waals surface area contributed by atoms with Crippen molar-refractivity contribution in [2.24, 2.45) is 0 Å². The highest BCUT2D eigenvalue weighted by atomic mass is 35.5. The second-order valence-corrected chi connectivity index (χ2v) is 12.0. The average molecular weight is 577 g/mol. The normalized spacial score (nSPS) is 12.2. The fraction of sp³-hybridized carbons (Fsp3) is 0.286. The molecule has 2 amide bonds. The Morgan fingerprint density at radius 3 is 1.97 bits per heavy atom. The van der Waals surface area contributed by atoms with Crippen LogP contribution in [-0.2, 0) is 32.6 Å². The SMILES string of the molecule is CC(C)NC(=O)[C@@H](Cc1ccccc1)N(Cc1ccccc1)C(=O)CN(c1ccc(Cl)c(Cl)c1)S(C)(=O)=O. The quantitative estimate of drug-likeness (QED) is 0.351. The minimum Gasteiger partial charge on any atom is -0.352 e. The molecule has 0 aliphatic rings. The van der Waals surface area contributed by atoms with Gasteiger partial charge >= 0.3 is 0 Å². The Kier molecular flexibility index (Phi) is 10.2. The molecule has 0 spiro atoms. The number of hydrogen-bond acceptors (Lipinski definition) is 4. The third-order valence-corrected chi connectivity index (χ3v) is 7.65. The van der Waals surface area contributed by atoms with Gasteiger partial charge in [0.25, 0.3) is 0 Å². The number of benzene rings is 3. The van der Waals surface area contributed by atoms with Crippen LogP contribution in [-0.4, -0.2) is 50.0 Å². The molecule has 0 aliphatic carbocycles. The summed E-state index contributed by atoms with van der Waals surface area (Å²) in [5, 5.41) is 3.33. The van der Waals surface area contributed by atoms with Crippen molar-refractivity contribution >= 4 is 50.7 Å². The van der Waals surface area contributed by atoms with Gasteiger partial charge in [0.2, 0.25) is 21.8 Å². The van der Waals surface area contributed by atoms with Gasteiger partial charge in [-0.05, 0) is 43.2 Å². The number of halogens is 2. The number of amides is 2. The molecule has 202 valence electrons. The number of anilines is 1. The van der Waals surface area contributed by atoms with Crippen LogP contribution in [0.4, 0.5) is 5.69 Å². The highest BCUT2D eigenvalue weighted by Gasteiger charge is 2.33. The van der Waals surface area contributed by atoms with E-state index in [2.05, 4.69) is 5.32 Å². The molecule has 1 atom stereocenters. The molecule has 0 fully saturated rings. The Balaban J connectivity index is 2.04. The molecule has 10 heteroatoms. The van der Waals surface area contributed by atoms with Crippen molar-refractivity contribution in [2.75, 3.05) is 17.1 Å². The minimum absolute atomic E-state index is 0.113. The molecule has 0 aliphatic heterocycles. The summed E-state index contributed by atoms with van der Waals surface area (Å²) in [6, 6.07) is 22.0. The highest BCUT2D eigenvalue weighted by Crippen LogP contribution is 2.28. The van der Waals surface area contributed by atoms with Crippen molar-refractivity contribution in [3.8, 4) is 0 Å². The van der Waals surface area contributed by atoms with E-state index < -0.39 is 28.5 Å². The van der Waals surface area contributed by atoms with Crippen LogP contribution in [0.2, 0.25) is 10.0 Å². The van der Waals surface area contributed by atoms with Crippen molar-refractivity contribution in [1.82, 2.24) is 10.2 Å². The van der Waals surface area contributed by atoms with E-state index in [1.165, 1.54) is 23.1 Å². The number of sulfonamides is 1. The molecule has 3 aromatic carbocycles. The number of nitrogens with zero attached hydrogens (tertiary/aromatic N) is 2. The highest BCUT2D eigenvalue weighted by molar-refractivity contribution is 7.92. The van der Waals surface area contributed by atoms with Crippen LogP contribution in [0.15, 0.2) is 78.9 Å². The van der Waals surface area contributed by atoms with Crippen LogP contribution < -0.4 is 9.62 Å². The van der Waals surface area contributed by atoms with Crippen LogP contribution in [0.25, 0.3) is 0 Å². The molecule has 0 saturated heterocycles. The van der Waals surface area contributed by atoms with Gasteiger partial charge in [0.05, 0.1) is 22.0 Å². The van der Waals surface area contributed by atoms with Crippen LogP contribution >= 0.6 is 23.2 Å². The second-order valence-electron chi connectivity index (χ2n) is 9.24. The molecule has 3 rings (SSSR count). The number of carbonyl (C=O) groups excluding carboxylic acids is 2. The summed E-state index contributed by atoms with van der Waals surface area (Å²) >= 11 is 12.2. The lowest BCUT2D eigenvalue weighted by Gasteiger charge is -2.34. The summed E-state index contributed by atoms with van der Waals surface area (Å²) in [7, 11) is -3.89. The first-order valence-corrected chi connectivity index (χ1v) is 14.7. The molecule has 0 saturated carbocycles. The zero-order valence-corrected chi connectivity index (χ0v) is 23.8. The van der Waals surface area contributed by atoms with E-state index in [1.807, 2.05) is 74.5 Å². The largest absolute Gasteiger partial charge is 0.352 e. The summed E-state index contributed by atoms with van der Waals surface area (Å²) < 4.78 is 26.5. The van der Waals surface area contributed by atoms with E-state index in [4.69, 9.17) is 23.2 Å². The Morgan fingerprint density at radius 1 is 0.868 bits per heavy atom. The maximum absolute atomic E-state index is 13.9. The maximum atomic E-state index is 13.9. The first-order valence-electron chi connectivity index (χ1n) is 12.1. The van der Waals surface area contributed by atoms with Gasteiger partial charge in [-0.25, -0.2) is 8.42 Å². The zero-order chi connectivity index (χ0) is 27.9. The molecule has 0 bridgehead atoms. The zero-order valence-electron chi connectivity index (χ0n) is 21.5. The predicted molar refractivity (Wildman–Crippen MR) is 153 cm³/mol. The Labute approximate surface area is 234 Å². The number of nitrogens with one attached hydrogen (secondary N) is 1. The van der Waals surface area contributed by atoms with E-state index in [1.54, 1.807) is 0 Å². The summed E-state index contributed by atoms with van der Waals surface area (Å²) in [6.45, 7) is 3.28. The topological polar surface area (TPSA) is 86.8 Å². The molecule has 3 aromatic rings. The third-order valence-electron chi connectivity index (χ3n) is 5.77. The van der Waals surface area contributed by atoms with Gasteiger partial charge < -0.3 is 10.2 Å². The maximum Gasteiger partial charge on any atom is 0.244 e. The van der Waals surface area contributed by atoms with Crippen molar-refractivity contribution in [1.29, 1.82) is 0 Å². The van der Waals surface area contributed by atoms with Crippen LogP contribution in [0, 0.1) is 0 Å². The van der Waals surface area contributed by atoms with E-state index in [-0.39, 0.29) is 40.6 Å². The number of rotatable bonds is 11. The second kappa shape index (κ2) is 13.1. The predicted octanol–water partition coefficient (Wildman–Crippen LogP) is 4.92. The standard InChI is InChI=1S/C28H31Cl2N3O4S/c1-20(2)31-28(35)26(16-21-10-6-4-7-11-21)32(18-22-12-8-5-9-13-22)27(34)19-33(38(3,36)37)23-14-15-24(29)25(30)17-23/h4-15,17,20,26H,16,18-19H2,1-3H3,(H,31,35)/t26-/m1/s1. The van der Waals surface area contributed by atoms with Gasteiger partial charge in [-0.1, -0.05) is 83.9 Å². The van der Waals surface area contributed by atoms with Crippen molar-refractivity contribution in [2.45, 2.75) is 38.9 Å². The number of hydrogen-bond donors (Lipinski definition) is 1. The lowest BCUT2D eigenvalue weighted by atomic mass is 10.0. The molecule has 7 nitrogen and oxygen atoms in total. The van der Waals surface area contributed by atoms with Gasteiger partial charge in [-0.3, -0.25) is 13.9 Å². The molecule has 38 heavy (non-hydrogen) atoms. The monoisotopic (exact) mass is 575 g/mol. The van der Waals surface area contributed by atoms with E-state index in [0.29, 0.717) is 0 Å². The van der Waals surface area contributed by atoms with Crippen LogP contribution in [0.1, 0.15) is 25.0 Å². The molecule has 0 radical (unpaired) electrons. The molecule has 1 N–H and O–H groups in total. The van der Waals surface area contributed by atoms with Crippen molar-refractivity contribution < 1.29 is 18.0 Å². The summed E-state index contributed by atoms with van der Waals surface area (Å²) in [4.78, 5) is 28.8. The molecule has 0 aromatic heterocycles. The first-order chi connectivity index (χ1) is 18.0. The Bertz CT molecular complexity index is 1350.